The third-order valence-electron chi connectivity index (χ3n) is 3.07. The van der Waals surface area contributed by atoms with Crippen LogP contribution in [-0.4, -0.2) is 19.2 Å². The minimum atomic E-state index is -0.242. The lowest BCUT2D eigenvalue weighted by Gasteiger charge is -2.10. The molecule has 22 heavy (non-hydrogen) atoms. The quantitative estimate of drug-likeness (QED) is 0.756. The van der Waals surface area contributed by atoms with E-state index in [1.807, 2.05) is 42.5 Å². The number of aryl methyl sites for hydroxylation is 1. The highest BCUT2D eigenvalue weighted by atomic mass is 79.9. The zero-order chi connectivity index (χ0) is 15.8. The third-order valence-corrected chi connectivity index (χ3v) is 3.59. The van der Waals surface area contributed by atoms with Gasteiger partial charge in [-0.3, -0.25) is 0 Å². The average molecular weight is 363 g/mol. The molecule has 0 saturated heterocycles. The molecule has 0 bridgehead atoms. The summed E-state index contributed by atoms with van der Waals surface area (Å²) >= 11 is 3.35. The van der Waals surface area contributed by atoms with E-state index in [0.29, 0.717) is 13.2 Å². The van der Waals surface area contributed by atoms with E-state index < -0.39 is 0 Å². The van der Waals surface area contributed by atoms with Crippen LogP contribution in [0.4, 0.5) is 10.5 Å². The molecular formula is C17H19BrN2O2. The van der Waals surface area contributed by atoms with Gasteiger partial charge in [-0.2, -0.15) is 0 Å². The predicted octanol–water partition coefficient (Wildman–Crippen LogP) is 4.21. The van der Waals surface area contributed by atoms with Crippen LogP contribution in [0.5, 0.6) is 5.75 Å². The number of hydrogen-bond acceptors (Lipinski definition) is 2. The summed E-state index contributed by atoms with van der Waals surface area (Å²) in [7, 11) is 0. The first-order valence-corrected chi connectivity index (χ1v) is 7.99. The summed E-state index contributed by atoms with van der Waals surface area (Å²) in [5, 5.41) is 5.52. The van der Waals surface area contributed by atoms with Gasteiger partial charge in [0.2, 0.25) is 0 Å². The molecule has 0 aliphatic carbocycles. The molecule has 0 fully saturated rings. The van der Waals surface area contributed by atoms with Crippen molar-refractivity contribution in [1.29, 1.82) is 0 Å². The molecule has 2 N–H and O–H groups in total. The van der Waals surface area contributed by atoms with Crippen LogP contribution in [0.25, 0.3) is 0 Å². The van der Waals surface area contributed by atoms with Gasteiger partial charge in [0, 0.05) is 10.2 Å². The molecule has 0 aliphatic heterocycles. The van der Waals surface area contributed by atoms with Crippen LogP contribution in [0.2, 0.25) is 0 Å². The molecule has 5 heteroatoms. The SMILES string of the molecule is CCc1cccc(OCCNC(=O)Nc2ccc(Br)cc2)c1. The molecule has 0 radical (unpaired) electrons. The van der Waals surface area contributed by atoms with Crippen molar-refractivity contribution in [2.24, 2.45) is 0 Å². The summed E-state index contributed by atoms with van der Waals surface area (Å²) in [6.45, 7) is 2.98. The van der Waals surface area contributed by atoms with E-state index in [0.717, 1.165) is 22.3 Å². The zero-order valence-corrected chi connectivity index (χ0v) is 14.0. The first-order valence-electron chi connectivity index (χ1n) is 7.19. The molecule has 2 amide bonds. The van der Waals surface area contributed by atoms with Crippen molar-refractivity contribution in [3.05, 3.63) is 58.6 Å². The number of hydrogen-bond donors (Lipinski definition) is 2. The van der Waals surface area contributed by atoms with Crippen molar-refractivity contribution in [3.63, 3.8) is 0 Å². The molecule has 0 saturated carbocycles. The third kappa shape index (κ3) is 5.41. The van der Waals surface area contributed by atoms with Crippen LogP contribution >= 0.6 is 15.9 Å². The minimum absolute atomic E-state index is 0.242. The largest absolute Gasteiger partial charge is 0.492 e. The minimum Gasteiger partial charge on any atom is -0.492 e. The van der Waals surface area contributed by atoms with Crippen molar-refractivity contribution in [1.82, 2.24) is 5.32 Å². The normalized spacial score (nSPS) is 10.1. The summed E-state index contributed by atoms with van der Waals surface area (Å²) in [4.78, 5) is 11.7. The van der Waals surface area contributed by atoms with E-state index in [2.05, 4.69) is 39.6 Å². The Labute approximate surface area is 139 Å². The Kier molecular flexibility index (Phi) is 6.27. The number of rotatable bonds is 6. The second-order valence-corrected chi connectivity index (χ2v) is 5.65. The van der Waals surface area contributed by atoms with Gasteiger partial charge in [-0.25, -0.2) is 4.79 Å². The lowest BCUT2D eigenvalue weighted by Crippen LogP contribution is -2.32. The van der Waals surface area contributed by atoms with Crippen LogP contribution < -0.4 is 15.4 Å². The van der Waals surface area contributed by atoms with E-state index in [4.69, 9.17) is 4.74 Å². The lowest BCUT2D eigenvalue weighted by molar-refractivity contribution is 0.247. The van der Waals surface area contributed by atoms with Gasteiger partial charge in [-0.1, -0.05) is 35.0 Å². The maximum atomic E-state index is 11.7. The van der Waals surface area contributed by atoms with Crippen LogP contribution in [0, 0.1) is 0 Å². The van der Waals surface area contributed by atoms with Gasteiger partial charge in [-0.05, 0) is 48.4 Å². The molecule has 0 spiro atoms. The number of anilines is 1. The Balaban J connectivity index is 1.69. The second-order valence-electron chi connectivity index (χ2n) is 4.74. The molecule has 0 unspecified atom stereocenters. The van der Waals surface area contributed by atoms with Gasteiger partial charge in [0.1, 0.15) is 12.4 Å². The van der Waals surface area contributed by atoms with Crippen LogP contribution in [-0.2, 0) is 6.42 Å². The molecule has 2 aromatic carbocycles. The maximum absolute atomic E-state index is 11.7. The Morgan fingerprint density at radius 2 is 1.95 bits per heavy atom. The van der Waals surface area contributed by atoms with Crippen LogP contribution in [0.3, 0.4) is 0 Å². The monoisotopic (exact) mass is 362 g/mol. The van der Waals surface area contributed by atoms with E-state index in [9.17, 15) is 4.79 Å². The number of ether oxygens (including phenoxy) is 1. The highest BCUT2D eigenvalue weighted by Crippen LogP contribution is 2.14. The first-order chi connectivity index (χ1) is 10.7. The standard InChI is InChI=1S/C17H19BrN2O2/c1-2-13-4-3-5-16(12-13)22-11-10-19-17(21)20-15-8-6-14(18)7-9-15/h3-9,12H,2,10-11H2,1H3,(H2,19,20,21). The Bertz CT molecular complexity index is 614. The number of halogens is 1. The van der Waals surface area contributed by atoms with Crippen molar-refractivity contribution in [3.8, 4) is 5.75 Å². The first kappa shape index (κ1) is 16.4. The number of carbonyl (C=O) groups excluding carboxylic acids is 1. The fraction of sp³-hybridized carbons (Fsp3) is 0.235. The fourth-order valence-electron chi connectivity index (χ4n) is 1.90. The molecule has 0 atom stereocenters. The molecule has 2 rings (SSSR count). The van der Waals surface area contributed by atoms with Gasteiger partial charge in [0.05, 0.1) is 6.54 Å². The van der Waals surface area contributed by atoms with Crippen molar-refractivity contribution >= 4 is 27.6 Å². The number of carbonyl (C=O) groups is 1. The topological polar surface area (TPSA) is 50.4 Å². The number of benzene rings is 2. The average Bonchev–Trinajstić information content (AvgIpc) is 2.54. The zero-order valence-electron chi connectivity index (χ0n) is 12.4. The Morgan fingerprint density at radius 1 is 1.18 bits per heavy atom. The van der Waals surface area contributed by atoms with Gasteiger partial charge in [0.25, 0.3) is 0 Å². The summed E-state index contributed by atoms with van der Waals surface area (Å²) in [5.41, 5.74) is 1.98. The predicted molar refractivity (Wildman–Crippen MR) is 92.5 cm³/mol. The summed E-state index contributed by atoms with van der Waals surface area (Å²) in [5.74, 6) is 0.828. The number of urea groups is 1. The molecule has 0 heterocycles. The highest BCUT2D eigenvalue weighted by Gasteiger charge is 2.01. The fourth-order valence-corrected chi connectivity index (χ4v) is 2.16. The van der Waals surface area contributed by atoms with Crippen LogP contribution in [0.1, 0.15) is 12.5 Å². The lowest BCUT2D eigenvalue weighted by atomic mass is 10.2. The molecule has 0 aromatic heterocycles. The molecule has 0 aliphatic rings. The number of amides is 2. The van der Waals surface area contributed by atoms with Gasteiger partial charge >= 0.3 is 6.03 Å². The summed E-state index contributed by atoms with van der Waals surface area (Å²) in [6.07, 6.45) is 0.977. The van der Waals surface area contributed by atoms with Crippen molar-refractivity contribution in [2.75, 3.05) is 18.5 Å². The highest BCUT2D eigenvalue weighted by molar-refractivity contribution is 9.10. The van der Waals surface area contributed by atoms with Gasteiger partial charge in [-0.15, -0.1) is 0 Å². The Hall–Kier alpha value is -2.01. The molecule has 4 nitrogen and oxygen atoms in total. The smallest absolute Gasteiger partial charge is 0.319 e. The summed E-state index contributed by atoms with van der Waals surface area (Å²) in [6, 6.07) is 15.1. The van der Waals surface area contributed by atoms with Crippen molar-refractivity contribution in [2.45, 2.75) is 13.3 Å². The van der Waals surface area contributed by atoms with E-state index in [1.165, 1.54) is 5.56 Å². The molecule has 116 valence electrons. The molecule has 2 aromatic rings. The van der Waals surface area contributed by atoms with E-state index >= 15 is 0 Å². The van der Waals surface area contributed by atoms with E-state index in [-0.39, 0.29) is 6.03 Å². The summed E-state index contributed by atoms with van der Waals surface area (Å²) < 4.78 is 6.59. The van der Waals surface area contributed by atoms with Crippen LogP contribution in [0.15, 0.2) is 53.0 Å². The maximum Gasteiger partial charge on any atom is 0.319 e. The number of nitrogens with one attached hydrogen (secondary N) is 2. The van der Waals surface area contributed by atoms with Crippen molar-refractivity contribution < 1.29 is 9.53 Å². The second kappa shape index (κ2) is 8.44. The Morgan fingerprint density at radius 3 is 2.68 bits per heavy atom. The van der Waals surface area contributed by atoms with Gasteiger partial charge in [0.15, 0.2) is 0 Å². The van der Waals surface area contributed by atoms with E-state index in [1.54, 1.807) is 0 Å². The van der Waals surface area contributed by atoms with Gasteiger partial charge < -0.3 is 15.4 Å². The molecular weight excluding hydrogens is 344 g/mol.